The largest absolute Gasteiger partial charge is 0.451 e. The van der Waals surface area contributed by atoms with Gasteiger partial charge in [-0.3, -0.25) is 4.79 Å². The Bertz CT molecular complexity index is 914. The van der Waals surface area contributed by atoms with Gasteiger partial charge in [-0.25, -0.2) is 13.1 Å². The highest BCUT2D eigenvalue weighted by Gasteiger charge is 2.29. The summed E-state index contributed by atoms with van der Waals surface area (Å²) in [6, 6.07) is 6.41. The number of likely N-dealkylation sites (tertiary alicyclic amines) is 1. The van der Waals surface area contributed by atoms with E-state index in [9.17, 15) is 13.2 Å². The molecule has 1 unspecified atom stereocenters. The van der Waals surface area contributed by atoms with Crippen LogP contribution < -0.4 is 4.72 Å². The van der Waals surface area contributed by atoms with Crippen molar-refractivity contribution in [3.05, 3.63) is 30.0 Å². The highest BCUT2D eigenvalue weighted by atomic mass is 32.2. The average Bonchev–Trinajstić information content (AvgIpc) is 3.27. The van der Waals surface area contributed by atoms with Gasteiger partial charge in [-0.05, 0) is 55.9 Å². The first kappa shape index (κ1) is 16.6. The lowest BCUT2D eigenvalue weighted by Crippen LogP contribution is -2.38. The van der Waals surface area contributed by atoms with Gasteiger partial charge in [0.2, 0.25) is 10.0 Å². The number of piperidine rings is 1. The smallest absolute Gasteiger partial charge is 0.289 e. The molecule has 134 valence electrons. The molecule has 1 N–H and O–H groups in total. The van der Waals surface area contributed by atoms with Gasteiger partial charge in [-0.15, -0.1) is 0 Å². The average molecular weight is 362 g/mol. The predicted octanol–water partition coefficient (Wildman–Crippen LogP) is 2.75. The van der Waals surface area contributed by atoms with Crippen molar-refractivity contribution in [2.24, 2.45) is 5.92 Å². The molecule has 7 heteroatoms. The summed E-state index contributed by atoms with van der Waals surface area (Å²) in [5.41, 5.74) is 0.527. The van der Waals surface area contributed by atoms with Gasteiger partial charge in [0.05, 0.1) is 4.90 Å². The number of rotatable bonds is 4. The highest BCUT2D eigenvalue weighted by molar-refractivity contribution is 7.89. The Morgan fingerprint density at radius 2 is 2.04 bits per heavy atom. The molecule has 1 saturated heterocycles. The summed E-state index contributed by atoms with van der Waals surface area (Å²) in [6.07, 6.45) is 3.92. The van der Waals surface area contributed by atoms with Crippen LogP contribution in [0.2, 0.25) is 0 Å². The van der Waals surface area contributed by atoms with E-state index in [1.165, 1.54) is 6.07 Å². The fraction of sp³-hybridized carbons (Fsp3) is 0.500. The second-order valence-electron chi connectivity index (χ2n) is 7.20. The molecule has 6 nitrogen and oxygen atoms in total. The maximum Gasteiger partial charge on any atom is 0.289 e. The van der Waals surface area contributed by atoms with E-state index in [4.69, 9.17) is 4.42 Å². The molecule has 1 aliphatic carbocycles. The van der Waals surface area contributed by atoms with E-state index in [0.717, 1.165) is 38.8 Å². The molecule has 1 atom stereocenters. The van der Waals surface area contributed by atoms with Crippen molar-refractivity contribution in [2.75, 3.05) is 13.1 Å². The summed E-state index contributed by atoms with van der Waals surface area (Å²) >= 11 is 0. The minimum atomic E-state index is -3.51. The fourth-order valence-corrected chi connectivity index (χ4v) is 4.65. The van der Waals surface area contributed by atoms with Crippen LogP contribution in [-0.2, 0) is 10.0 Å². The van der Waals surface area contributed by atoms with E-state index >= 15 is 0 Å². The minimum absolute atomic E-state index is 0.0586. The number of amides is 1. The molecule has 1 aromatic carbocycles. The molecule has 1 amide bonds. The number of carbonyl (C=O) groups excluding carboxylic acids is 1. The molecule has 25 heavy (non-hydrogen) atoms. The number of carbonyl (C=O) groups is 1. The zero-order chi connectivity index (χ0) is 17.6. The van der Waals surface area contributed by atoms with E-state index in [1.54, 1.807) is 18.2 Å². The number of nitrogens with one attached hydrogen (secondary N) is 1. The van der Waals surface area contributed by atoms with Crippen LogP contribution >= 0.6 is 0 Å². The van der Waals surface area contributed by atoms with E-state index in [1.807, 2.05) is 4.90 Å². The van der Waals surface area contributed by atoms with E-state index in [0.29, 0.717) is 16.9 Å². The molecule has 1 saturated carbocycles. The SMILES string of the molecule is CC1CCCN(C(=O)c2cc3cc(S(=O)(=O)NC4CC4)ccc3o2)C1. The molecule has 2 aromatic rings. The molecule has 0 bridgehead atoms. The summed E-state index contributed by atoms with van der Waals surface area (Å²) in [5, 5.41) is 0.632. The fourth-order valence-electron chi connectivity index (χ4n) is 3.31. The van der Waals surface area contributed by atoms with Crippen LogP contribution in [0.5, 0.6) is 0 Å². The number of hydrogen-bond donors (Lipinski definition) is 1. The van der Waals surface area contributed by atoms with Crippen LogP contribution in [0.1, 0.15) is 43.2 Å². The number of benzene rings is 1. The first-order chi connectivity index (χ1) is 11.9. The summed E-state index contributed by atoms with van der Waals surface area (Å²) in [7, 11) is -3.51. The first-order valence-electron chi connectivity index (χ1n) is 8.77. The van der Waals surface area contributed by atoms with E-state index < -0.39 is 10.0 Å². The van der Waals surface area contributed by atoms with Gasteiger partial charge in [0.1, 0.15) is 5.58 Å². The second kappa shape index (κ2) is 6.14. The minimum Gasteiger partial charge on any atom is -0.451 e. The van der Waals surface area contributed by atoms with Gasteiger partial charge in [0, 0.05) is 24.5 Å². The molecule has 1 aromatic heterocycles. The van der Waals surface area contributed by atoms with Crippen LogP contribution in [-0.4, -0.2) is 38.4 Å². The second-order valence-corrected chi connectivity index (χ2v) is 8.92. The maximum absolute atomic E-state index is 12.7. The molecule has 0 radical (unpaired) electrons. The zero-order valence-electron chi connectivity index (χ0n) is 14.2. The van der Waals surface area contributed by atoms with Crippen molar-refractivity contribution in [3.8, 4) is 0 Å². The quantitative estimate of drug-likeness (QED) is 0.907. The van der Waals surface area contributed by atoms with Gasteiger partial charge in [0.15, 0.2) is 5.76 Å². The van der Waals surface area contributed by atoms with Gasteiger partial charge in [0.25, 0.3) is 5.91 Å². The first-order valence-corrected chi connectivity index (χ1v) is 10.3. The lowest BCUT2D eigenvalue weighted by Gasteiger charge is -2.30. The third kappa shape index (κ3) is 3.43. The molecular weight excluding hydrogens is 340 g/mol. The van der Waals surface area contributed by atoms with Gasteiger partial charge in [-0.1, -0.05) is 6.92 Å². The molecule has 4 rings (SSSR count). The van der Waals surface area contributed by atoms with Crippen molar-refractivity contribution in [3.63, 3.8) is 0 Å². The Morgan fingerprint density at radius 1 is 1.24 bits per heavy atom. The third-order valence-electron chi connectivity index (χ3n) is 4.85. The number of furan rings is 1. The maximum atomic E-state index is 12.7. The van der Waals surface area contributed by atoms with Crippen molar-refractivity contribution in [2.45, 2.75) is 43.5 Å². The molecule has 2 aliphatic rings. The van der Waals surface area contributed by atoms with Gasteiger partial charge in [-0.2, -0.15) is 0 Å². The van der Waals surface area contributed by atoms with Crippen molar-refractivity contribution in [1.29, 1.82) is 0 Å². The Morgan fingerprint density at radius 3 is 2.76 bits per heavy atom. The Kier molecular flexibility index (Phi) is 4.08. The normalized spacial score (nSPS) is 21.6. The predicted molar refractivity (Wildman–Crippen MR) is 93.9 cm³/mol. The zero-order valence-corrected chi connectivity index (χ0v) is 15.0. The van der Waals surface area contributed by atoms with Crippen LogP contribution in [0, 0.1) is 5.92 Å². The Balaban J connectivity index is 1.60. The number of hydrogen-bond acceptors (Lipinski definition) is 4. The van der Waals surface area contributed by atoms with Crippen molar-refractivity contribution >= 4 is 26.9 Å². The molecule has 2 heterocycles. The number of sulfonamides is 1. The van der Waals surface area contributed by atoms with Crippen LogP contribution in [0.15, 0.2) is 33.6 Å². The van der Waals surface area contributed by atoms with Crippen molar-refractivity contribution in [1.82, 2.24) is 9.62 Å². The van der Waals surface area contributed by atoms with Crippen LogP contribution in [0.4, 0.5) is 0 Å². The summed E-state index contributed by atoms with van der Waals surface area (Å²) in [6.45, 7) is 3.62. The van der Waals surface area contributed by atoms with Crippen LogP contribution in [0.25, 0.3) is 11.0 Å². The summed E-state index contributed by atoms with van der Waals surface area (Å²) in [4.78, 5) is 14.7. The molecule has 2 fully saturated rings. The molecule has 1 aliphatic heterocycles. The Labute approximate surface area is 147 Å². The van der Waals surface area contributed by atoms with Gasteiger partial charge < -0.3 is 9.32 Å². The van der Waals surface area contributed by atoms with Crippen LogP contribution in [0.3, 0.4) is 0 Å². The topological polar surface area (TPSA) is 79.6 Å². The molecular formula is C18H22N2O4S. The Hall–Kier alpha value is -1.86. The third-order valence-corrected chi connectivity index (χ3v) is 6.37. The van der Waals surface area contributed by atoms with Gasteiger partial charge >= 0.3 is 0 Å². The lowest BCUT2D eigenvalue weighted by atomic mass is 10.0. The number of fused-ring (bicyclic) bond motifs is 1. The number of nitrogens with zero attached hydrogens (tertiary/aromatic N) is 1. The highest BCUT2D eigenvalue weighted by Crippen LogP contribution is 2.27. The van der Waals surface area contributed by atoms with E-state index in [2.05, 4.69) is 11.6 Å². The standard InChI is InChI=1S/C18H22N2O4S/c1-12-3-2-8-20(11-12)18(21)17-10-13-9-15(6-7-16(13)24-17)25(22,23)19-14-4-5-14/h6-7,9-10,12,14,19H,2-5,8,11H2,1H3. The summed E-state index contributed by atoms with van der Waals surface area (Å²) < 4.78 is 33.0. The molecule has 0 spiro atoms. The lowest BCUT2D eigenvalue weighted by molar-refractivity contribution is 0.0653. The summed E-state index contributed by atoms with van der Waals surface area (Å²) in [5.74, 6) is 0.643. The van der Waals surface area contributed by atoms with Crippen molar-refractivity contribution < 1.29 is 17.6 Å². The van der Waals surface area contributed by atoms with E-state index in [-0.39, 0.29) is 22.6 Å². The monoisotopic (exact) mass is 362 g/mol.